The lowest BCUT2D eigenvalue weighted by Gasteiger charge is -2.35. The molecule has 118 valence electrons. The fourth-order valence-electron chi connectivity index (χ4n) is 2.03. The van der Waals surface area contributed by atoms with Crippen LogP contribution in [0.5, 0.6) is 0 Å². The van der Waals surface area contributed by atoms with Crippen molar-refractivity contribution in [1.82, 2.24) is 4.90 Å². The van der Waals surface area contributed by atoms with Crippen LogP contribution in [0, 0.1) is 2.88 Å². The fraction of sp³-hybridized carbons (Fsp3) is 0.643. The second kappa shape index (κ2) is 6.80. The monoisotopic (exact) mass is 425 g/mol. The number of aliphatic hydroxyl groups excluding tert-OH is 1. The zero-order valence-corrected chi connectivity index (χ0v) is 15.3. The molecular formula is C14H20INO4S. The molecule has 1 amide bonds. The lowest BCUT2D eigenvalue weighted by molar-refractivity contribution is -0.0898. The molecule has 5 nitrogen and oxygen atoms in total. The predicted octanol–water partition coefficient (Wildman–Crippen LogP) is 3.02. The van der Waals surface area contributed by atoms with E-state index in [4.69, 9.17) is 9.47 Å². The summed E-state index contributed by atoms with van der Waals surface area (Å²) in [5.74, 6) is 0. The Morgan fingerprint density at radius 3 is 2.86 bits per heavy atom. The third-order valence-corrected chi connectivity index (χ3v) is 4.95. The molecule has 0 radical (unpaired) electrons. The van der Waals surface area contributed by atoms with Gasteiger partial charge in [0, 0.05) is 11.4 Å². The van der Waals surface area contributed by atoms with Crippen molar-refractivity contribution in [3.8, 4) is 0 Å². The van der Waals surface area contributed by atoms with E-state index in [9.17, 15) is 9.90 Å². The Bertz CT molecular complexity index is 499. The average molecular weight is 425 g/mol. The Morgan fingerprint density at radius 1 is 1.57 bits per heavy atom. The van der Waals surface area contributed by atoms with E-state index in [1.54, 1.807) is 4.90 Å². The summed E-state index contributed by atoms with van der Waals surface area (Å²) in [6.45, 7) is 6.75. The molecule has 1 saturated heterocycles. The minimum atomic E-state index is -0.719. The predicted molar refractivity (Wildman–Crippen MR) is 89.5 cm³/mol. The maximum absolute atomic E-state index is 12.1. The highest BCUT2D eigenvalue weighted by Crippen LogP contribution is 2.29. The standard InChI is InChI=1S/C14H20INO4S/c1-14(2,3)20-13(18)16-6-7-19-9(8-16)12(17)10-4-5-11(15)21-10/h4-5,9,12,17H,6-8H2,1-3H3/t9?,12-/m1/s1. The van der Waals surface area contributed by atoms with Crippen molar-refractivity contribution in [1.29, 1.82) is 0 Å². The van der Waals surface area contributed by atoms with E-state index in [1.165, 1.54) is 11.3 Å². The molecule has 21 heavy (non-hydrogen) atoms. The van der Waals surface area contributed by atoms with E-state index in [2.05, 4.69) is 22.6 Å². The summed E-state index contributed by atoms with van der Waals surface area (Å²) in [4.78, 5) is 14.5. The van der Waals surface area contributed by atoms with Gasteiger partial charge >= 0.3 is 6.09 Å². The van der Waals surface area contributed by atoms with Gasteiger partial charge in [0.05, 0.1) is 16.0 Å². The average Bonchev–Trinajstić information content (AvgIpc) is 2.83. The van der Waals surface area contributed by atoms with Crippen LogP contribution >= 0.6 is 33.9 Å². The Kier molecular flexibility index (Phi) is 5.50. The summed E-state index contributed by atoms with van der Waals surface area (Å²) in [5, 5.41) is 10.4. The molecule has 0 aromatic carbocycles. The molecule has 2 atom stereocenters. The number of carbonyl (C=O) groups excluding carboxylic acids is 1. The molecule has 1 aliphatic rings. The van der Waals surface area contributed by atoms with Crippen LogP contribution in [0.25, 0.3) is 0 Å². The second-order valence-corrected chi connectivity index (χ2v) is 8.93. The second-order valence-electron chi connectivity index (χ2n) is 5.92. The minimum absolute atomic E-state index is 0.338. The van der Waals surface area contributed by atoms with Gasteiger partial charge in [-0.05, 0) is 55.5 Å². The summed E-state index contributed by atoms with van der Waals surface area (Å²) < 4.78 is 12.1. The minimum Gasteiger partial charge on any atom is -0.444 e. The summed E-state index contributed by atoms with van der Waals surface area (Å²) in [7, 11) is 0. The highest BCUT2D eigenvalue weighted by atomic mass is 127. The van der Waals surface area contributed by atoms with Crippen LogP contribution in [0.1, 0.15) is 31.8 Å². The van der Waals surface area contributed by atoms with E-state index < -0.39 is 17.8 Å². The number of thiophene rings is 1. The molecule has 1 aromatic rings. The van der Waals surface area contributed by atoms with Crippen molar-refractivity contribution in [2.75, 3.05) is 19.7 Å². The van der Waals surface area contributed by atoms with Gasteiger partial charge in [-0.25, -0.2) is 4.79 Å². The number of amides is 1. The van der Waals surface area contributed by atoms with Gasteiger partial charge in [-0.1, -0.05) is 0 Å². The smallest absolute Gasteiger partial charge is 0.410 e. The molecule has 0 bridgehead atoms. The van der Waals surface area contributed by atoms with Crippen molar-refractivity contribution in [2.45, 2.75) is 38.6 Å². The van der Waals surface area contributed by atoms with Crippen molar-refractivity contribution in [2.24, 2.45) is 0 Å². The number of rotatable bonds is 2. The molecule has 1 fully saturated rings. The molecule has 0 aliphatic carbocycles. The fourth-order valence-corrected chi connectivity index (χ4v) is 3.74. The van der Waals surface area contributed by atoms with Crippen LogP contribution < -0.4 is 0 Å². The zero-order chi connectivity index (χ0) is 15.6. The van der Waals surface area contributed by atoms with E-state index in [0.717, 1.165) is 7.76 Å². The molecule has 1 unspecified atom stereocenters. The summed E-state index contributed by atoms with van der Waals surface area (Å²) in [5.41, 5.74) is -0.520. The summed E-state index contributed by atoms with van der Waals surface area (Å²) >= 11 is 3.75. The van der Waals surface area contributed by atoms with Crippen LogP contribution in [-0.4, -0.2) is 47.5 Å². The van der Waals surface area contributed by atoms with E-state index in [-0.39, 0.29) is 6.09 Å². The van der Waals surface area contributed by atoms with Gasteiger partial charge in [-0.2, -0.15) is 0 Å². The third kappa shape index (κ3) is 4.80. The van der Waals surface area contributed by atoms with Gasteiger partial charge < -0.3 is 19.5 Å². The summed E-state index contributed by atoms with van der Waals surface area (Å²) in [6, 6.07) is 3.85. The lowest BCUT2D eigenvalue weighted by Crippen LogP contribution is -2.49. The van der Waals surface area contributed by atoms with Crippen LogP contribution in [0.3, 0.4) is 0 Å². The van der Waals surface area contributed by atoms with Crippen molar-refractivity contribution >= 4 is 40.0 Å². The number of morpholine rings is 1. The number of nitrogens with zero attached hydrogens (tertiary/aromatic N) is 1. The van der Waals surface area contributed by atoms with E-state index >= 15 is 0 Å². The molecule has 1 aromatic heterocycles. The van der Waals surface area contributed by atoms with Crippen molar-refractivity contribution < 1.29 is 19.4 Å². The Labute approximate surface area is 142 Å². The molecular weight excluding hydrogens is 405 g/mol. The van der Waals surface area contributed by atoms with Crippen LogP contribution in [0.4, 0.5) is 4.79 Å². The highest BCUT2D eigenvalue weighted by Gasteiger charge is 2.32. The molecule has 7 heteroatoms. The number of hydrogen-bond donors (Lipinski definition) is 1. The number of ether oxygens (including phenoxy) is 2. The maximum atomic E-state index is 12.1. The van der Waals surface area contributed by atoms with Crippen LogP contribution in [0.2, 0.25) is 0 Å². The van der Waals surface area contributed by atoms with Crippen molar-refractivity contribution in [3.63, 3.8) is 0 Å². The van der Waals surface area contributed by atoms with Gasteiger partial charge in [0.2, 0.25) is 0 Å². The molecule has 1 N–H and O–H groups in total. The third-order valence-electron chi connectivity index (χ3n) is 2.98. The van der Waals surface area contributed by atoms with Gasteiger partial charge in [0.25, 0.3) is 0 Å². The molecule has 0 spiro atoms. The SMILES string of the molecule is CC(C)(C)OC(=O)N1CCOC([C@@H](O)c2ccc(I)s2)C1. The Hall–Kier alpha value is -0.380. The van der Waals surface area contributed by atoms with Crippen LogP contribution in [0.15, 0.2) is 12.1 Å². The number of halogens is 1. The number of aliphatic hydroxyl groups is 1. The first-order valence-electron chi connectivity index (χ1n) is 6.79. The molecule has 2 heterocycles. The molecule has 0 saturated carbocycles. The number of carbonyl (C=O) groups is 1. The first-order chi connectivity index (χ1) is 9.76. The quantitative estimate of drug-likeness (QED) is 0.741. The Morgan fingerprint density at radius 2 is 2.29 bits per heavy atom. The lowest BCUT2D eigenvalue weighted by atomic mass is 10.1. The first kappa shape index (κ1) is 17.0. The van der Waals surface area contributed by atoms with Gasteiger partial charge in [-0.15, -0.1) is 11.3 Å². The summed E-state index contributed by atoms with van der Waals surface area (Å²) in [6.07, 6.45) is -1.49. The van der Waals surface area contributed by atoms with Gasteiger partial charge in [0.1, 0.15) is 17.8 Å². The van der Waals surface area contributed by atoms with E-state index in [1.807, 2.05) is 32.9 Å². The molecule has 1 aliphatic heterocycles. The maximum Gasteiger partial charge on any atom is 0.410 e. The highest BCUT2D eigenvalue weighted by molar-refractivity contribution is 14.1. The molecule has 2 rings (SSSR count). The normalized spacial score (nSPS) is 21.2. The largest absolute Gasteiger partial charge is 0.444 e. The van der Waals surface area contributed by atoms with Crippen molar-refractivity contribution in [3.05, 3.63) is 19.9 Å². The van der Waals surface area contributed by atoms with E-state index in [0.29, 0.717) is 19.7 Å². The van der Waals surface area contributed by atoms with Gasteiger partial charge in [0.15, 0.2) is 0 Å². The Balaban J connectivity index is 1.98. The topological polar surface area (TPSA) is 59.0 Å². The van der Waals surface area contributed by atoms with Crippen LogP contribution in [-0.2, 0) is 9.47 Å². The van der Waals surface area contributed by atoms with Gasteiger partial charge in [-0.3, -0.25) is 0 Å². The number of hydrogen-bond acceptors (Lipinski definition) is 5. The first-order valence-corrected chi connectivity index (χ1v) is 8.68. The zero-order valence-electron chi connectivity index (χ0n) is 12.3.